The molecule has 1 N–H and O–H groups in total. The van der Waals surface area contributed by atoms with Gasteiger partial charge in [-0.25, -0.2) is 4.79 Å². The van der Waals surface area contributed by atoms with Crippen LogP contribution in [0.5, 0.6) is 17.2 Å². The molecule has 0 fully saturated rings. The Morgan fingerprint density at radius 2 is 1.83 bits per heavy atom. The van der Waals surface area contributed by atoms with Crippen molar-refractivity contribution in [3.63, 3.8) is 0 Å². The summed E-state index contributed by atoms with van der Waals surface area (Å²) < 4.78 is 20.5. The Morgan fingerprint density at radius 3 is 2.57 bits per heavy atom. The number of ether oxygens (including phenoxy) is 4. The molecular weight excluding hydrogens is 390 g/mol. The summed E-state index contributed by atoms with van der Waals surface area (Å²) in [5.41, 5.74) is 1.14. The first-order valence-electron chi connectivity index (χ1n) is 9.18. The molecular formula is C22H21NO7. The van der Waals surface area contributed by atoms with E-state index >= 15 is 0 Å². The SMILES string of the molecule is COc1ccc(/C=C\C(=O)N[C@H](C)C(=O)OCC(=O)c2ccc3c(c2)OCO3)cc1. The van der Waals surface area contributed by atoms with Gasteiger partial charge >= 0.3 is 5.97 Å². The number of benzene rings is 2. The van der Waals surface area contributed by atoms with E-state index in [1.165, 1.54) is 19.1 Å². The normalized spacial score (nSPS) is 13.0. The van der Waals surface area contributed by atoms with Gasteiger partial charge in [0.25, 0.3) is 0 Å². The van der Waals surface area contributed by atoms with Crippen LogP contribution in [0.4, 0.5) is 0 Å². The largest absolute Gasteiger partial charge is 0.497 e. The lowest BCUT2D eigenvalue weighted by molar-refractivity contribution is -0.145. The van der Waals surface area contributed by atoms with Crippen LogP contribution >= 0.6 is 0 Å². The second-order valence-corrected chi connectivity index (χ2v) is 6.44. The highest BCUT2D eigenvalue weighted by Gasteiger charge is 2.20. The van der Waals surface area contributed by atoms with E-state index in [9.17, 15) is 14.4 Å². The van der Waals surface area contributed by atoms with E-state index < -0.39 is 24.5 Å². The van der Waals surface area contributed by atoms with Crippen molar-refractivity contribution in [1.29, 1.82) is 0 Å². The molecule has 8 nitrogen and oxygen atoms in total. The maximum Gasteiger partial charge on any atom is 0.328 e. The Balaban J connectivity index is 1.46. The highest BCUT2D eigenvalue weighted by Crippen LogP contribution is 2.32. The smallest absolute Gasteiger partial charge is 0.328 e. The number of hydrogen-bond acceptors (Lipinski definition) is 7. The van der Waals surface area contributed by atoms with Crippen molar-refractivity contribution in [1.82, 2.24) is 5.32 Å². The van der Waals surface area contributed by atoms with Crippen molar-refractivity contribution in [3.05, 3.63) is 59.7 Å². The van der Waals surface area contributed by atoms with Gasteiger partial charge in [0.15, 0.2) is 23.9 Å². The number of Topliss-reactive ketones (excluding diaryl/α,β-unsaturated/α-hetero) is 1. The minimum atomic E-state index is -0.914. The molecule has 1 atom stereocenters. The summed E-state index contributed by atoms with van der Waals surface area (Å²) in [7, 11) is 1.57. The molecule has 8 heteroatoms. The Hall–Kier alpha value is -3.81. The number of ketones is 1. The minimum absolute atomic E-state index is 0.103. The molecule has 1 amide bonds. The van der Waals surface area contributed by atoms with Gasteiger partial charge < -0.3 is 24.3 Å². The van der Waals surface area contributed by atoms with Crippen LogP contribution in [0, 0.1) is 0 Å². The fraction of sp³-hybridized carbons (Fsp3) is 0.227. The molecule has 2 aromatic carbocycles. The number of hydrogen-bond donors (Lipinski definition) is 1. The Bertz CT molecular complexity index is 966. The minimum Gasteiger partial charge on any atom is -0.497 e. The molecule has 0 saturated heterocycles. The van der Waals surface area contributed by atoms with Gasteiger partial charge in [-0.3, -0.25) is 9.59 Å². The molecule has 156 valence electrons. The van der Waals surface area contributed by atoms with Crippen molar-refractivity contribution in [2.75, 3.05) is 20.5 Å². The number of nitrogens with one attached hydrogen (secondary N) is 1. The van der Waals surface area contributed by atoms with Crippen LogP contribution < -0.4 is 19.5 Å². The number of amides is 1. The number of esters is 1. The molecule has 0 bridgehead atoms. The molecule has 2 aromatic rings. The zero-order valence-corrected chi connectivity index (χ0v) is 16.5. The van der Waals surface area contributed by atoms with Crippen molar-refractivity contribution in [3.8, 4) is 17.2 Å². The Labute approximate surface area is 173 Å². The van der Waals surface area contributed by atoms with E-state index in [2.05, 4.69) is 5.32 Å². The van der Waals surface area contributed by atoms with E-state index in [0.717, 1.165) is 5.56 Å². The fourth-order valence-electron chi connectivity index (χ4n) is 2.62. The van der Waals surface area contributed by atoms with Gasteiger partial charge in [0, 0.05) is 11.6 Å². The third kappa shape index (κ3) is 5.38. The monoisotopic (exact) mass is 411 g/mol. The van der Waals surface area contributed by atoms with E-state index in [-0.39, 0.29) is 12.6 Å². The molecule has 1 heterocycles. The van der Waals surface area contributed by atoms with Crippen LogP contribution in [0.1, 0.15) is 22.8 Å². The average molecular weight is 411 g/mol. The lowest BCUT2D eigenvalue weighted by atomic mass is 10.1. The molecule has 0 aromatic heterocycles. The second-order valence-electron chi connectivity index (χ2n) is 6.44. The van der Waals surface area contributed by atoms with Crippen LogP contribution in [-0.2, 0) is 14.3 Å². The predicted molar refractivity (Wildman–Crippen MR) is 107 cm³/mol. The van der Waals surface area contributed by atoms with Crippen molar-refractivity contribution in [2.24, 2.45) is 0 Å². The van der Waals surface area contributed by atoms with Gasteiger partial charge in [0.05, 0.1) is 7.11 Å². The van der Waals surface area contributed by atoms with Crippen LogP contribution in [0.15, 0.2) is 48.5 Å². The van der Waals surface area contributed by atoms with Gasteiger partial charge in [-0.15, -0.1) is 0 Å². The maximum atomic E-state index is 12.2. The van der Waals surface area contributed by atoms with Crippen molar-refractivity contribution >= 4 is 23.7 Å². The number of methoxy groups -OCH3 is 1. The van der Waals surface area contributed by atoms with Gasteiger partial charge in [0.2, 0.25) is 12.7 Å². The molecule has 0 aliphatic carbocycles. The topological polar surface area (TPSA) is 100 Å². The van der Waals surface area contributed by atoms with Crippen molar-refractivity contribution < 1.29 is 33.3 Å². The molecule has 0 spiro atoms. The summed E-state index contributed by atoms with van der Waals surface area (Å²) in [5.74, 6) is 0.175. The molecule has 3 rings (SSSR count). The Kier molecular flexibility index (Phi) is 6.69. The first-order valence-corrected chi connectivity index (χ1v) is 9.18. The Morgan fingerprint density at radius 1 is 1.10 bits per heavy atom. The lowest BCUT2D eigenvalue weighted by Gasteiger charge is -2.12. The molecule has 1 aliphatic rings. The summed E-state index contributed by atoms with van der Waals surface area (Å²) in [6.45, 7) is 1.14. The van der Waals surface area contributed by atoms with Gasteiger partial charge in [-0.2, -0.15) is 0 Å². The molecule has 1 aliphatic heterocycles. The summed E-state index contributed by atoms with van der Waals surface area (Å²) in [6.07, 6.45) is 2.92. The molecule has 0 radical (unpaired) electrons. The summed E-state index contributed by atoms with van der Waals surface area (Å²) >= 11 is 0. The number of carbonyl (C=O) groups excluding carboxylic acids is 3. The van der Waals surface area contributed by atoms with E-state index in [4.69, 9.17) is 18.9 Å². The standard InChI is InChI=1S/C22H21NO7/c1-14(23-21(25)10-5-15-3-7-17(27-2)8-4-15)22(26)28-12-18(24)16-6-9-19-20(11-16)30-13-29-19/h3-11,14H,12-13H2,1-2H3,(H,23,25)/b10-5-/t14-/m1/s1. The number of fused-ring (bicyclic) bond motifs is 1. The summed E-state index contributed by atoms with van der Waals surface area (Å²) in [5, 5.41) is 2.50. The fourth-order valence-corrected chi connectivity index (χ4v) is 2.62. The molecule has 30 heavy (non-hydrogen) atoms. The van der Waals surface area contributed by atoms with E-state index in [1.807, 2.05) is 0 Å². The quantitative estimate of drug-likeness (QED) is 0.404. The third-order valence-corrected chi connectivity index (χ3v) is 4.30. The van der Waals surface area contributed by atoms with E-state index in [0.29, 0.717) is 22.8 Å². The number of carbonyl (C=O) groups is 3. The van der Waals surface area contributed by atoms with E-state index in [1.54, 1.807) is 49.6 Å². The van der Waals surface area contributed by atoms with Crippen LogP contribution in [0.25, 0.3) is 6.08 Å². The highest BCUT2D eigenvalue weighted by atomic mass is 16.7. The van der Waals surface area contributed by atoms with Crippen molar-refractivity contribution in [2.45, 2.75) is 13.0 Å². The summed E-state index contributed by atoms with van der Waals surface area (Å²) in [4.78, 5) is 36.3. The number of rotatable bonds is 8. The first-order chi connectivity index (χ1) is 14.5. The van der Waals surface area contributed by atoms with Gasteiger partial charge in [-0.1, -0.05) is 12.1 Å². The van der Waals surface area contributed by atoms with Crippen LogP contribution in [-0.4, -0.2) is 44.2 Å². The van der Waals surface area contributed by atoms with Crippen LogP contribution in [0.3, 0.4) is 0 Å². The zero-order valence-electron chi connectivity index (χ0n) is 16.5. The molecule has 0 saturated carbocycles. The summed E-state index contributed by atoms with van der Waals surface area (Å²) in [6, 6.07) is 10.9. The molecule has 0 unspecified atom stereocenters. The third-order valence-electron chi connectivity index (χ3n) is 4.30. The van der Waals surface area contributed by atoms with Gasteiger partial charge in [-0.05, 0) is 48.9 Å². The highest BCUT2D eigenvalue weighted by molar-refractivity contribution is 5.99. The zero-order chi connectivity index (χ0) is 21.5. The first kappa shape index (κ1) is 20.9. The van der Waals surface area contributed by atoms with Crippen LogP contribution in [0.2, 0.25) is 0 Å². The predicted octanol–water partition coefficient (Wildman–Crippen LogP) is 2.37. The second kappa shape index (κ2) is 9.60. The lowest BCUT2D eigenvalue weighted by Crippen LogP contribution is -2.39. The van der Waals surface area contributed by atoms with Gasteiger partial charge in [0.1, 0.15) is 11.8 Å². The average Bonchev–Trinajstić information content (AvgIpc) is 3.24. The maximum absolute atomic E-state index is 12.2.